The fourth-order valence-corrected chi connectivity index (χ4v) is 4.34. The third-order valence-corrected chi connectivity index (χ3v) is 6.75. The maximum absolute atomic E-state index is 13.8. The zero-order chi connectivity index (χ0) is 27.9. The SMILES string of the molecule is CCC1CCC(c2ccc(-c3ccc(OC(F)(F)C(F)(F)C(F)(F)C(F)(F)C(F)(F)F)cc3)cc2)CC1. The van der Waals surface area contributed by atoms with Crippen molar-refractivity contribution >= 4 is 0 Å². The Kier molecular flexibility index (Phi) is 7.83. The van der Waals surface area contributed by atoms with E-state index in [0.29, 0.717) is 29.2 Å². The van der Waals surface area contributed by atoms with Gasteiger partial charge in [-0.2, -0.15) is 48.3 Å². The maximum Gasteiger partial charge on any atom is 0.471 e. The summed E-state index contributed by atoms with van der Waals surface area (Å²) < 4.78 is 148. The van der Waals surface area contributed by atoms with Gasteiger partial charge in [-0.25, -0.2) is 0 Å². The van der Waals surface area contributed by atoms with Crippen LogP contribution in [-0.4, -0.2) is 30.1 Å². The summed E-state index contributed by atoms with van der Waals surface area (Å²) in [5, 5.41) is 0. The van der Waals surface area contributed by atoms with Crippen molar-refractivity contribution in [3.05, 3.63) is 54.1 Å². The Morgan fingerprint density at radius 1 is 0.622 bits per heavy atom. The van der Waals surface area contributed by atoms with Crippen molar-refractivity contribution < 1.29 is 53.0 Å². The highest BCUT2D eigenvalue weighted by Gasteiger charge is 2.88. The van der Waals surface area contributed by atoms with Crippen LogP contribution < -0.4 is 4.74 Å². The van der Waals surface area contributed by atoms with Crippen LogP contribution in [0.4, 0.5) is 48.3 Å². The van der Waals surface area contributed by atoms with Gasteiger partial charge in [0.25, 0.3) is 0 Å². The molecule has 206 valence electrons. The van der Waals surface area contributed by atoms with Gasteiger partial charge in [-0.1, -0.05) is 49.7 Å². The molecule has 0 unspecified atom stereocenters. The molecule has 0 atom stereocenters. The second-order valence-corrected chi connectivity index (χ2v) is 9.11. The van der Waals surface area contributed by atoms with Crippen LogP contribution in [0.2, 0.25) is 0 Å². The molecule has 0 amide bonds. The van der Waals surface area contributed by atoms with Crippen molar-refractivity contribution in [3.63, 3.8) is 0 Å². The predicted molar refractivity (Wildman–Crippen MR) is 113 cm³/mol. The van der Waals surface area contributed by atoms with Crippen molar-refractivity contribution in [2.24, 2.45) is 5.92 Å². The first-order chi connectivity index (χ1) is 16.9. The summed E-state index contributed by atoms with van der Waals surface area (Å²) in [7, 11) is 0. The second kappa shape index (κ2) is 9.98. The molecular weight excluding hydrogens is 525 g/mol. The highest BCUT2D eigenvalue weighted by atomic mass is 19.4. The van der Waals surface area contributed by atoms with E-state index in [2.05, 4.69) is 11.7 Å². The largest absolute Gasteiger partial charge is 0.471 e. The van der Waals surface area contributed by atoms with Gasteiger partial charge < -0.3 is 4.74 Å². The molecule has 2 aromatic carbocycles. The summed E-state index contributed by atoms with van der Waals surface area (Å²) in [5.74, 6) is -22.2. The van der Waals surface area contributed by atoms with Gasteiger partial charge in [0.2, 0.25) is 0 Å². The van der Waals surface area contributed by atoms with Crippen LogP contribution in [0.15, 0.2) is 48.5 Å². The molecule has 12 heteroatoms. The fraction of sp³-hybridized carbons (Fsp3) is 0.520. The molecular formula is C25H23F11O. The lowest BCUT2D eigenvalue weighted by atomic mass is 9.77. The van der Waals surface area contributed by atoms with E-state index in [0.717, 1.165) is 55.7 Å². The van der Waals surface area contributed by atoms with Crippen LogP contribution in [-0.2, 0) is 0 Å². The molecule has 0 spiro atoms. The van der Waals surface area contributed by atoms with E-state index in [1.807, 2.05) is 12.1 Å². The summed E-state index contributed by atoms with van der Waals surface area (Å²) in [6.45, 7) is 2.16. The maximum atomic E-state index is 13.8. The third kappa shape index (κ3) is 5.38. The van der Waals surface area contributed by atoms with Crippen LogP contribution in [0.25, 0.3) is 11.1 Å². The number of ether oxygens (including phenoxy) is 1. The minimum Gasteiger partial charge on any atom is -0.428 e. The molecule has 1 saturated carbocycles. The van der Waals surface area contributed by atoms with Gasteiger partial charge in [0.1, 0.15) is 5.75 Å². The quantitative estimate of drug-likeness (QED) is 0.299. The highest BCUT2D eigenvalue weighted by Crippen LogP contribution is 2.57. The van der Waals surface area contributed by atoms with Crippen LogP contribution in [0.3, 0.4) is 0 Å². The Morgan fingerprint density at radius 3 is 1.51 bits per heavy atom. The smallest absolute Gasteiger partial charge is 0.428 e. The summed E-state index contributed by atoms with van der Waals surface area (Å²) in [4.78, 5) is 0. The van der Waals surface area contributed by atoms with Crippen molar-refractivity contribution in [2.45, 2.75) is 75.0 Å². The molecule has 0 aliphatic heterocycles. The Bertz CT molecular complexity index is 1040. The molecule has 1 aliphatic carbocycles. The van der Waals surface area contributed by atoms with Gasteiger partial charge in [-0.3, -0.25) is 0 Å². The molecule has 0 radical (unpaired) electrons. The summed E-state index contributed by atoms with van der Waals surface area (Å²) in [6.07, 6.45) is -8.13. The van der Waals surface area contributed by atoms with E-state index < -0.39 is 35.8 Å². The molecule has 1 fully saturated rings. The van der Waals surface area contributed by atoms with Gasteiger partial charge in [0.15, 0.2) is 0 Å². The average Bonchev–Trinajstić information content (AvgIpc) is 2.83. The molecule has 0 heterocycles. The first-order valence-electron chi connectivity index (χ1n) is 11.4. The lowest BCUT2D eigenvalue weighted by Crippen LogP contribution is -2.67. The number of halogens is 11. The fourth-order valence-electron chi connectivity index (χ4n) is 4.34. The number of hydrogen-bond acceptors (Lipinski definition) is 1. The Morgan fingerprint density at radius 2 is 1.08 bits per heavy atom. The van der Waals surface area contributed by atoms with E-state index in [1.54, 1.807) is 12.1 Å². The molecule has 1 aliphatic rings. The minimum absolute atomic E-state index is 0.401. The molecule has 0 N–H and O–H groups in total. The van der Waals surface area contributed by atoms with Crippen LogP contribution in [0.5, 0.6) is 5.75 Å². The van der Waals surface area contributed by atoms with Crippen molar-refractivity contribution in [3.8, 4) is 16.9 Å². The van der Waals surface area contributed by atoms with E-state index >= 15 is 0 Å². The standard InChI is InChI=1S/C25H23F11O/c1-2-15-3-5-16(6-4-15)17-7-9-18(10-8-17)19-11-13-20(14-12-19)37-25(35,36)23(30,31)21(26,27)22(28,29)24(32,33)34/h7-16H,2-6H2,1H3. The first-order valence-corrected chi connectivity index (χ1v) is 11.4. The average molecular weight is 548 g/mol. The number of rotatable bonds is 8. The van der Waals surface area contributed by atoms with Gasteiger partial charge in [-0.05, 0) is 66.3 Å². The van der Waals surface area contributed by atoms with Crippen LogP contribution in [0, 0.1) is 5.92 Å². The summed E-state index contributed by atoms with van der Waals surface area (Å²) >= 11 is 0. The van der Waals surface area contributed by atoms with Crippen molar-refractivity contribution in [1.29, 1.82) is 0 Å². The molecule has 0 bridgehead atoms. The molecule has 1 nitrogen and oxygen atoms in total. The Hall–Kier alpha value is -2.53. The predicted octanol–water partition coefficient (Wildman–Crippen LogP) is 9.48. The van der Waals surface area contributed by atoms with Gasteiger partial charge in [0.05, 0.1) is 0 Å². The lowest BCUT2D eigenvalue weighted by molar-refractivity contribution is -0.445. The number of alkyl halides is 11. The minimum atomic E-state index is -7.51. The number of hydrogen-bond donors (Lipinski definition) is 0. The molecule has 2 aromatic rings. The van der Waals surface area contributed by atoms with Crippen LogP contribution >= 0.6 is 0 Å². The summed E-state index contributed by atoms with van der Waals surface area (Å²) in [5.41, 5.74) is 2.13. The Balaban J connectivity index is 1.73. The monoisotopic (exact) mass is 548 g/mol. The topological polar surface area (TPSA) is 9.23 Å². The van der Waals surface area contributed by atoms with E-state index in [-0.39, 0.29) is 0 Å². The second-order valence-electron chi connectivity index (χ2n) is 9.11. The van der Waals surface area contributed by atoms with Gasteiger partial charge >= 0.3 is 30.1 Å². The van der Waals surface area contributed by atoms with E-state index in [4.69, 9.17) is 0 Å². The Labute approximate surface area is 205 Å². The zero-order valence-corrected chi connectivity index (χ0v) is 19.4. The number of benzene rings is 2. The van der Waals surface area contributed by atoms with E-state index in [1.165, 1.54) is 0 Å². The normalized spacial score (nSPS) is 20.1. The van der Waals surface area contributed by atoms with Crippen LogP contribution in [0.1, 0.15) is 50.5 Å². The molecule has 3 rings (SSSR count). The highest BCUT2D eigenvalue weighted by molar-refractivity contribution is 5.64. The lowest BCUT2D eigenvalue weighted by Gasteiger charge is -2.36. The van der Waals surface area contributed by atoms with E-state index in [9.17, 15) is 48.3 Å². The molecule has 0 saturated heterocycles. The molecule has 0 aromatic heterocycles. The van der Waals surface area contributed by atoms with Crippen molar-refractivity contribution in [2.75, 3.05) is 0 Å². The van der Waals surface area contributed by atoms with Gasteiger partial charge in [0, 0.05) is 0 Å². The molecule has 37 heavy (non-hydrogen) atoms. The zero-order valence-electron chi connectivity index (χ0n) is 19.4. The summed E-state index contributed by atoms with van der Waals surface area (Å²) in [6, 6.07) is 10.9. The van der Waals surface area contributed by atoms with Crippen molar-refractivity contribution in [1.82, 2.24) is 0 Å². The third-order valence-electron chi connectivity index (χ3n) is 6.75. The van der Waals surface area contributed by atoms with Gasteiger partial charge in [-0.15, -0.1) is 0 Å². The first kappa shape index (κ1) is 29.0.